The molecule has 0 spiro atoms. The van der Waals surface area contributed by atoms with Crippen molar-refractivity contribution in [3.05, 3.63) is 31.9 Å². The first-order valence-electron chi connectivity index (χ1n) is 2.23. The van der Waals surface area contributed by atoms with E-state index in [4.69, 9.17) is 0 Å². The van der Waals surface area contributed by atoms with E-state index in [9.17, 15) is 0 Å². The van der Waals surface area contributed by atoms with Crippen LogP contribution in [0.15, 0.2) is 25.3 Å². The highest BCUT2D eigenvalue weighted by molar-refractivity contribution is 4.89. The third-order valence-corrected chi connectivity index (χ3v) is 0.714. The molecule has 1 heterocycles. The van der Waals surface area contributed by atoms with Gasteiger partial charge in [-0.05, 0) is 0 Å². The second kappa shape index (κ2) is 2.26. The van der Waals surface area contributed by atoms with Crippen LogP contribution in [0.4, 0.5) is 0 Å². The molecule has 0 aromatic carbocycles. The van der Waals surface area contributed by atoms with Crippen molar-refractivity contribution in [3.8, 4) is 0 Å². The second-order valence-electron chi connectivity index (χ2n) is 1.29. The minimum atomic E-state index is 1.60. The quantitative estimate of drug-likeness (QED) is 0.551. The lowest BCUT2D eigenvalue weighted by molar-refractivity contribution is 0.995. The summed E-state index contributed by atoms with van der Waals surface area (Å²) in [6, 6.07) is 0. The van der Waals surface area contributed by atoms with Gasteiger partial charge in [0.05, 0.1) is 6.54 Å². The van der Waals surface area contributed by atoms with Gasteiger partial charge in [0.2, 0.25) is 0 Å². The van der Waals surface area contributed by atoms with Crippen LogP contribution in [0.25, 0.3) is 0 Å². The van der Waals surface area contributed by atoms with Crippen molar-refractivity contribution in [3.63, 3.8) is 0 Å². The molecule has 0 fully saturated rings. The Bertz CT molecular complexity index is 154. The topological polar surface area (TPSA) is 30.7 Å². The summed E-state index contributed by atoms with van der Waals surface area (Å²) < 4.78 is 1.72. The third-order valence-electron chi connectivity index (χ3n) is 0.714. The van der Waals surface area contributed by atoms with Crippen molar-refractivity contribution in [1.29, 1.82) is 0 Å². The fourth-order valence-electron chi connectivity index (χ4n) is 0.407. The van der Waals surface area contributed by atoms with E-state index in [1.807, 2.05) is 0 Å². The lowest BCUT2D eigenvalue weighted by atomic mass is 10.6. The number of hydrogen-bond donors (Lipinski definition) is 0. The third kappa shape index (κ3) is 0.932. The molecule has 41 valence electrons. The maximum Gasteiger partial charge on any atom is 0.119 e. The minimum Gasteiger partial charge on any atom is -0.311 e. The predicted molar refractivity (Wildman–Crippen MR) is 29.9 cm³/mol. The van der Waals surface area contributed by atoms with Gasteiger partial charge in [-0.25, -0.2) is 0 Å². The maximum absolute atomic E-state index is 3.57. The maximum atomic E-state index is 3.57. The molecule has 0 bridgehead atoms. The van der Waals surface area contributed by atoms with E-state index in [2.05, 4.69) is 16.8 Å². The summed E-state index contributed by atoms with van der Waals surface area (Å²) in [5.41, 5.74) is 0. The molecule has 3 heteroatoms. The van der Waals surface area contributed by atoms with Gasteiger partial charge < -0.3 is 4.57 Å². The molecule has 1 aromatic rings. The summed E-state index contributed by atoms with van der Waals surface area (Å²) in [6.45, 7) is 5.27. The van der Waals surface area contributed by atoms with Gasteiger partial charge in [-0.1, -0.05) is 6.08 Å². The number of allylic oxidation sites excluding steroid dienone is 1. The van der Waals surface area contributed by atoms with Crippen LogP contribution in [0.1, 0.15) is 0 Å². The highest BCUT2D eigenvalue weighted by atomic mass is 15.2. The van der Waals surface area contributed by atoms with E-state index in [-0.39, 0.29) is 0 Å². The van der Waals surface area contributed by atoms with Crippen molar-refractivity contribution in [2.24, 2.45) is 0 Å². The zero-order chi connectivity index (χ0) is 5.82. The standard InChI is InChI=1S/C5H6N3/c1-2-3-8-4-6-7-5-8/h2-5H,1H2. The average Bonchev–Trinajstić information content (AvgIpc) is 2.19. The Hall–Kier alpha value is -1.12. The van der Waals surface area contributed by atoms with Gasteiger partial charge in [0.15, 0.2) is 0 Å². The van der Waals surface area contributed by atoms with Gasteiger partial charge in [0.25, 0.3) is 0 Å². The fourth-order valence-corrected chi connectivity index (χ4v) is 0.407. The smallest absolute Gasteiger partial charge is 0.119 e. The Morgan fingerprint density at radius 3 is 2.50 bits per heavy atom. The molecule has 0 unspecified atom stereocenters. The summed E-state index contributed by atoms with van der Waals surface area (Å²) >= 11 is 0. The van der Waals surface area contributed by atoms with Crippen LogP contribution in [0.2, 0.25) is 0 Å². The number of rotatable bonds is 2. The van der Waals surface area contributed by atoms with Crippen molar-refractivity contribution in [2.75, 3.05) is 0 Å². The summed E-state index contributed by atoms with van der Waals surface area (Å²) in [6.07, 6.45) is 4.87. The molecule has 0 saturated heterocycles. The van der Waals surface area contributed by atoms with E-state index in [0.717, 1.165) is 0 Å². The molecule has 0 N–H and O–H groups in total. The van der Waals surface area contributed by atoms with Crippen LogP contribution in [0.5, 0.6) is 0 Å². The van der Waals surface area contributed by atoms with Crippen molar-refractivity contribution < 1.29 is 0 Å². The Labute approximate surface area is 47.7 Å². The first-order valence-corrected chi connectivity index (χ1v) is 2.23. The minimum absolute atomic E-state index is 1.60. The molecule has 1 rings (SSSR count). The van der Waals surface area contributed by atoms with Crippen LogP contribution >= 0.6 is 0 Å². The largest absolute Gasteiger partial charge is 0.311 e. The van der Waals surface area contributed by atoms with Crippen molar-refractivity contribution >= 4 is 0 Å². The molecular formula is C5H6N3. The highest BCUT2D eigenvalue weighted by Crippen LogP contribution is 1.82. The molecule has 1 aromatic heterocycles. The van der Waals surface area contributed by atoms with Crippen molar-refractivity contribution in [2.45, 2.75) is 0 Å². The summed E-state index contributed by atoms with van der Waals surface area (Å²) in [4.78, 5) is 0. The Balaban J connectivity index is 2.62. The number of hydrogen-bond acceptors (Lipinski definition) is 2. The Morgan fingerprint density at radius 1 is 1.38 bits per heavy atom. The van der Waals surface area contributed by atoms with Crippen LogP contribution < -0.4 is 0 Å². The average molecular weight is 108 g/mol. The fraction of sp³-hybridized carbons (Fsp3) is 0. The zero-order valence-electron chi connectivity index (χ0n) is 4.36. The van der Waals surface area contributed by atoms with E-state index in [1.54, 1.807) is 29.8 Å². The first kappa shape index (κ1) is 5.03. The van der Waals surface area contributed by atoms with Crippen LogP contribution in [-0.2, 0) is 0 Å². The van der Waals surface area contributed by atoms with Gasteiger partial charge >= 0.3 is 0 Å². The first-order chi connectivity index (χ1) is 3.93. The molecule has 3 nitrogen and oxygen atoms in total. The van der Waals surface area contributed by atoms with Gasteiger partial charge in [0, 0.05) is 0 Å². The summed E-state index contributed by atoms with van der Waals surface area (Å²) in [5, 5.41) is 7.15. The molecule has 1 radical (unpaired) electrons. The molecule has 0 saturated carbocycles. The molecule has 8 heavy (non-hydrogen) atoms. The van der Waals surface area contributed by atoms with Crippen molar-refractivity contribution in [1.82, 2.24) is 14.8 Å². The normalized spacial score (nSPS) is 9.00. The van der Waals surface area contributed by atoms with Gasteiger partial charge in [-0.3, -0.25) is 0 Å². The summed E-state index contributed by atoms with van der Waals surface area (Å²) in [5.74, 6) is 0. The lowest BCUT2D eigenvalue weighted by Gasteiger charge is -1.86. The van der Waals surface area contributed by atoms with E-state index in [0.29, 0.717) is 0 Å². The van der Waals surface area contributed by atoms with Gasteiger partial charge in [-0.2, -0.15) is 0 Å². The Kier molecular flexibility index (Phi) is 1.42. The van der Waals surface area contributed by atoms with E-state index < -0.39 is 0 Å². The highest BCUT2D eigenvalue weighted by Gasteiger charge is 1.81. The summed E-state index contributed by atoms with van der Waals surface area (Å²) in [7, 11) is 0. The molecule has 0 aliphatic heterocycles. The second-order valence-corrected chi connectivity index (χ2v) is 1.29. The van der Waals surface area contributed by atoms with E-state index in [1.165, 1.54) is 0 Å². The monoisotopic (exact) mass is 108 g/mol. The molecule has 0 aliphatic carbocycles. The number of aromatic nitrogens is 3. The molecule has 0 aliphatic rings. The SMILES string of the molecule is C=C[CH]n1cnnc1. The Morgan fingerprint density at radius 2 is 2.00 bits per heavy atom. The molecule has 0 amide bonds. The molecular weight excluding hydrogens is 102 g/mol. The predicted octanol–water partition coefficient (Wildman–Crippen LogP) is 0.474. The van der Waals surface area contributed by atoms with Gasteiger partial charge in [0.1, 0.15) is 12.7 Å². The van der Waals surface area contributed by atoms with Crippen LogP contribution in [0.3, 0.4) is 0 Å². The van der Waals surface area contributed by atoms with Crippen LogP contribution in [-0.4, -0.2) is 14.8 Å². The number of nitrogens with zero attached hydrogens (tertiary/aromatic N) is 3. The van der Waals surface area contributed by atoms with Gasteiger partial charge in [-0.15, -0.1) is 16.8 Å². The van der Waals surface area contributed by atoms with Crippen LogP contribution in [0, 0.1) is 6.54 Å². The zero-order valence-corrected chi connectivity index (χ0v) is 4.36. The van der Waals surface area contributed by atoms with E-state index >= 15 is 0 Å². The lowest BCUT2D eigenvalue weighted by Crippen LogP contribution is -1.84. The molecule has 0 atom stereocenters.